The molecular weight excluding hydrogens is 523 g/mol. The van der Waals surface area contributed by atoms with E-state index in [0.29, 0.717) is 18.1 Å². The molecule has 0 aliphatic rings. The maximum Gasteiger partial charge on any atom is 0.241 e. The fourth-order valence-corrected chi connectivity index (χ4v) is 4.74. The van der Waals surface area contributed by atoms with Crippen molar-refractivity contribution in [2.24, 2.45) is 4.99 Å². The van der Waals surface area contributed by atoms with Gasteiger partial charge in [0.25, 0.3) is 0 Å². The zero-order chi connectivity index (χ0) is 22.2. The van der Waals surface area contributed by atoms with Crippen LogP contribution in [0.25, 0.3) is 0 Å². The molecule has 0 spiro atoms. The number of nitrogens with one attached hydrogen (secondary N) is 3. The predicted molar refractivity (Wildman–Crippen MR) is 139 cm³/mol. The second-order valence-corrected chi connectivity index (χ2v) is 10.1. The van der Waals surface area contributed by atoms with Gasteiger partial charge in [-0.3, -0.25) is 4.99 Å². The molecule has 0 aliphatic carbocycles. The second kappa shape index (κ2) is 12.4. The Morgan fingerprint density at radius 1 is 1.03 bits per heavy atom. The van der Waals surface area contributed by atoms with E-state index in [1.807, 2.05) is 51.1 Å². The summed E-state index contributed by atoms with van der Waals surface area (Å²) in [4.78, 5) is 4.56. The molecular formula is C23H35IN4O2S. The van der Waals surface area contributed by atoms with Gasteiger partial charge in [0.2, 0.25) is 10.0 Å². The molecule has 0 saturated heterocycles. The van der Waals surface area contributed by atoms with E-state index in [2.05, 4.69) is 39.4 Å². The molecule has 0 bridgehead atoms. The highest BCUT2D eigenvalue weighted by Crippen LogP contribution is 2.17. The van der Waals surface area contributed by atoms with Crippen molar-refractivity contribution in [1.29, 1.82) is 0 Å². The van der Waals surface area contributed by atoms with E-state index >= 15 is 0 Å². The van der Waals surface area contributed by atoms with Crippen LogP contribution in [0.4, 0.5) is 0 Å². The molecule has 0 fully saturated rings. The quantitative estimate of drug-likeness (QED) is 0.259. The number of nitrogens with zero attached hydrogens (tertiary/aromatic N) is 1. The van der Waals surface area contributed by atoms with Crippen LogP contribution in [0.3, 0.4) is 0 Å². The zero-order valence-electron chi connectivity index (χ0n) is 19.0. The highest BCUT2D eigenvalue weighted by molar-refractivity contribution is 14.0. The van der Waals surface area contributed by atoms with Crippen LogP contribution in [0.15, 0.2) is 64.5 Å². The van der Waals surface area contributed by atoms with Gasteiger partial charge in [0.05, 0.1) is 4.90 Å². The average Bonchev–Trinajstić information content (AvgIpc) is 2.68. The van der Waals surface area contributed by atoms with E-state index < -0.39 is 15.6 Å². The van der Waals surface area contributed by atoms with Crippen molar-refractivity contribution in [3.63, 3.8) is 0 Å². The zero-order valence-corrected chi connectivity index (χ0v) is 22.1. The summed E-state index contributed by atoms with van der Waals surface area (Å²) in [5, 5.41) is 6.61. The van der Waals surface area contributed by atoms with E-state index in [9.17, 15) is 8.42 Å². The average molecular weight is 559 g/mol. The van der Waals surface area contributed by atoms with Gasteiger partial charge in [0.1, 0.15) is 0 Å². The van der Waals surface area contributed by atoms with Gasteiger partial charge in [-0.25, -0.2) is 13.1 Å². The fraction of sp³-hybridized carbons (Fsp3) is 0.435. The van der Waals surface area contributed by atoms with Crippen LogP contribution in [-0.4, -0.2) is 33.0 Å². The minimum Gasteiger partial charge on any atom is -0.354 e. The van der Waals surface area contributed by atoms with Gasteiger partial charge in [-0.1, -0.05) is 48.5 Å². The van der Waals surface area contributed by atoms with Crippen LogP contribution in [0, 0.1) is 0 Å². The Labute approximate surface area is 204 Å². The maximum atomic E-state index is 12.8. The molecule has 3 N–H and O–H groups in total. The van der Waals surface area contributed by atoms with Crippen molar-refractivity contribution in [3.05, 3.63) is 65.7 Å². The number of hydrogen-bond donors (Lipinski definition) is 3. The van der Waals surface area contributed by atoms with Crippen molar-refractivity contribution < 1.29 is 8.42 Å². The molecule has 172 valence electrons. The minimum absolute atomic E-state index is 0. The molecule has 0 aliphatic heterocycles. The molecule has 6 nitrogen and oxygen atoms in total. The number of halogens is 1. The van der Waals surface area contributed by atoms with Crippen LogP contribution < -0.4 is 15.4 Å². The van der Waals surface area contributed by atoms with Gasteiger partial charge < -0.3 is 10.6 Å². The Hall–Kier alpha value is -1.65. The Morgan fingerprint density at radius 3 is 2.26 bits per heavy atom. The first-order chi connectivity index (χ1) is 14.1. The van der Waals surface area contributed by atoms with Crippen molar-refractivity contribution in [2.75, 3.05) is 7.05 Å². The summed E-state index contributed by atoms with van der Waals surface area (Å²) in [6.45, 7) is 7.95. The van der Waals surface area contributed by atoms with E-state index in [-0.39, 0.29) is 34.9 Å². The Balaban J connectivity index is 0.00000480. The molecule has 0 heterocycles. The Kier molecular flexibility index (Phi) is 11.0. The van der Waals surface area contributed by atoms with Gasteiger partial charge in [0, 0.05) is 25.2 Å². The molecule has 0 saturated carbocycles. The molecule has 0 radical (unpaired) electrons. The predicted octanol–water partition coefficient (Wildman–Crippen LogP) is 4.07. The van der Waals surface area contributed by atoms with Gasteiger partial charge >= 0.3 is 0 Å². The molecule has 8 heteroatoms. The summed E-state index contributed by atoms with van der Waals surface area (Å²) in [6, 6.07) is 17.6. The molecule has 0 amide bonds. The monoisotopic (exact) mass is 558 g/mol. The number of rotatable bonds is 8. The number of aryl methyl sites for hydroxylation is 1. The van der Waals surface area contributed by atoms with Crippen LogP contribution in [0.5, 0.6) is 0 Å². The number of guanidine groups is 1. The lowest BCUT2D eigenvalue weighted by Gasteiger charge is -2.22. The van der Waals surface area contributed by atoms with Crippen LogP contribution in [0.2, 0.25) is 0 Å². The van der Waals surface area contributed by atoms with Crippen molar-refractivity contribution in [3.8, 4) is 0 Å². The topological polar surface area (TPSA) is 82.6 Å². The van der Waals surface area contributed by atoms with Crippen molar-refractivity contribution in [2.45, 2.75) is 63.6 Å². The lowest BCUT2D eigenvalue weighted by atomic mass is 10.1. The van der Waals surface area contributed by atoms with Gasteiger partial charge in [-0.15, -0.1) is 24.0 Å². The number of hydrogen-bond acceptors (Lipinski definition) is 3. The normalized spacial score (nSPS) is 13.3. The first kappa shape index (κ1) is 27.4. The molecule has 1 unspecified atom stereocenters. The van der Waals surface area contributed by atoms with Gasteiger partial charge in [-0.2, -0.15) is 0 Å². The molecule has 2 rings (SSSR count). The maximum absolute atomic E-state index is 12.8. The Morgan fingerprint density at radius 2 is 1.65 bits per heavy atom. The number of aliphatic imine (C=N–C) groups is 1. The van der Waals surface area contributed by atoms with Crippen LogP contribution in [-0.2, 0) is 23.0 Å². The van der Waals surface area contributed by atoms with E-state index in [1.54, 1.807) is 19.2 Å². The lowest BCUT2D eigenvalue weighted by Crippen LogP contribution is -2.43. The first-order valence-corrected chi connectivity index (χ1v) is 11.7. The second-order valence-electron chi connectivity index (χ2n) is 8.46. The largest absolute Gasteiger partial charge is 0.354 e. The van der Waals surface area contributed by atoms with Crippen molar-refractivity contribution >= 4 is 40.0 Å². The van der Waals surface area contributed by atoms with Crippen LogP contribution in [0.1, 0.15) is 45.2 Å². The summed E-state index contributed by atoms with van der Waals surface area (Å²) in [6.07, 6.45) is 1.94. The fourth-order valence-electron chi connectivity index (χ4n) is 3.08. The number of benzene rings is 2. The van der Waals surface area contributed by atoms with Crippen LogP contribution >= 0.6 is 24.0 Å². The smallest absolute Gasteiger partial charge is 0.241 e. The third-order valence-electron chi connectivity index (χ3n) is 4.46. The lowest BCUT2D eigenvalue weighted by molar-refractivity contribution is 0.491. The third-order valence-corrected chi connectivity index (χ3v) is 6.32. The standard InChI is InChI=1S/C23H34N4O2S.HI/c1-18(15-16-19-11-7-6-8-12-19)26-22(24-5)25-17-20-13-9-10-14-21(20)30(28,29)27-23(2,3)4;/h6-14,18,27H,15-17H2,1-5H3,(H2,24,25,26);1H. The summed E-state index contributed by atoms with van der Waals surface area (Å²) in [5.41, 5.74) is 1.44. The first-order valence-electron chi connectivity index (χ1n) is 10.2. The van der Waals surface area contributed by atoms with Gasteiger partial charge in [-0.05, 0) is 57.7 Å². The molecule has 0 aromatic heterocycles. The summed E-state index contributed by atoms with van der Waals surface area (Å²) < 4.78 is 28.3. The van der Waals surface area contributed by atoms with E-state index in [0.717, 1.165) is 12.8 Å². The van der Waals surface area contributed by atoms with E-state index in [4.69, 9.17) is 0 Å². The Bertz CT molecular complexity index is 942. The third kappa shape index (κ3) is 9.57. The minimum atomic E-state index is -3.62. The van der Waals surface area contributed by atoms with Crippen molar-refractivity contribution in [1.82, 2.24) is 15.4 Å². The summed E-state index contributed by atoms with van der Waals surface area (Å²) in [7, 11) is -1.90. The number of sulfonamides is 1. The molecule has 2 aromatic carbocycles. The SMILES string of the molecule is CN=C(NCc1ccccc1S(=O)(=O)NC(C)(C)C)NC(C)CCc1ccccc1.I. The highest BCUT2D eigenvalue weighted by Gasteiger charge is 2.24. The summed E-state index contributed by atoms with van der Waals surface area (Å²) >= 11 is 0. The molecule has 1 atom stereocenters. The molecule has 31 heavy (non-hydrogen) atoms. The highest BCUT2D eigenvalue weighted by atomic mass is 127. The van der Waals surface area contributed by atoms with Gasteiger partial charge in [0.15, 0.2) is 5.96 Å². The molecule has 2 aromatic rings. The summed E-state index contributed by atoms with van der Waals surface area (Å²) in [5.74, 6) is 0.645. The van der Waals surface area contributed by atoms with E-state index in [1.165, 1.54) is 5.56 Å².